The molecule has 0 bridgehead atoms. The van der Waals surface area contributed by atoms with Crippen LogP contribution in [0, 0.1) is 5.92 Å². The molecule has 0 N–H and O–H groups in total. The Morgan fingerprint density at radius 2 is 1.55 bits per heavy atom. The number of esters is 1. The standard InChI is InChI=1S/C29H43NO8/c1-19(2)16-35-24-20(3)36-25(31)23(18-34-17-22(24)15-21-13-11-10-12-14-21)30(26(32)37-28(4,5)6)27(33)38-29(7,8)9/h10-14,20,22-24H,1,15-18H2,2-9H3. The van der Waals surface area contributed by atoms with Crippen molar-refractivity contribution < 1.29 is 38.1 Å². The van der Waals surface area contributed by atoms with Crippen LogP contribution < -0.4 is 0 Å². The van der Waals surface area contributed by atoms with Gasteiger partial charge in [0.1, 0.15) is 17.3 Å². The van der Waals surface area contributed by atoms with E-state index in [1.54, 1.807) is 48.5 Å². The monoisotopic (exact) mass is 533 g/mol. The third kappa shape index (κ3) is 10.1. The van der Waals surface area contributed by atoms with Crippen LogP contribution in [0.15, 0.2) is 42.5 Å². The van der Waals surface area contributed by atoms with Gasteiger partial charge in [0, 0.05) is 5.92 Å². The van der Waals surface area contributed by atoms with Crippen LogP contribution in [0.1, 0.15) is 61.0 Å². The molecule has 0 radical (unpaired) electrons. The van der Waals surface area contributed by atoms with Crippen LogP contribution in [0.25, 0.3) is 0 Å². The Bertz CT molecular complexity index is 935. The van der Waals surface area contributed by atoms with Gasteiger partial charge in [-0.25, -0.2) is 14.4 Å². The van der Waals surface area contributed by atoms with Crippen LogP contribution in [0.3, 0.4) is 0 Å². The number of hydrogen-bond donors (Lipinski definition) is 0. The molecule has 2 amide bonds. The molecule has 1 aromatic carbocycles. The molecule has 4 atom stereocenters. The van der Waals surface area contributed by atoms with E-state index in [0.717, 1.165) is 11.1 Å². The molecule has 0 spiro atoms. The minimum absolute atomic E-state index is 0.185. The third-order valence-electron chi connectivity index (χ3n) is 5.46. The van der Waals surface area contributed by atoms with Gasteiger partial charge >= 0.3 is 18.2 Å². The highest BCUT2D eigenvalue weighted by atomic mass is 16.6. The number of amides is 2. The van der Waals surface area contributed by atoms with E-state index in [1.807, 2.05) is 37.3 Å². The van der Waals surface area contributed by atoms with Gasteiger partial charge in [0.25, 0.3) is 0 Å². The van der Waals surface area contributed by atoms with Crippen molar-refractivity contribution in [2.24, 2.45) is 5.92 Å². The Hall–Kier alpha value is -2.91. The molecule has 0 saturated carbocycles. The lowest BCUT2D eigenvalue weighted by Crippen LogP contribution is -2.54. The van der Waals surface area contributed by atoms with Crippen molar-refractivity contribution in [1.82, 2.24) is 4.90 Å². The summed E-state index contributed by atoms with van der Waals surface area (Å²) in [4.78, 5) is 40.4. The Balaban J connectivity index is 2.40. The van der Waals surface area contributed by atoms with Crippen LogP contribution in [0.2, 0.25) is 0 Å². The fourth-order valence-corrected chi connectivity index (χ4v) is 3.94. The van der Waals surface area contributed by atoms with E-state index in [0.29, 0.717) is 11.3 Å². The average Bonchev–Trinajstić information content (AvgIpc) is 2.80. The normalized spacial score (nSPS) is 22.8. The summed E-state index contributed by atoms with van der Waals surface area (Å²) in [6.45, 7) is 17.7. The molecular formula is C29H43NO8. The van der Waals surface area contributed by atoms with E-state index in [-0.39, 0.29) is 25.7 Å². The maximum absolute atomic E-state index is 13.4. The molecule has 4 unspecified atom stereocenters. The van der Waals surface area contributed by atoms with Crippen LogP contribution in [0.4, 0.5) is 9.59 Å². The SMILES string of the molecule is C=C(C)COC1C(Cc2ccccc2)COCC(N(C(=O)OC(C)(C)C)C(=O)OC(C)(C)C)C(=O)OC1C. The molecule has 212 valence electrons. The Labute approximate surface area is 226 Å². The summed E-state index contributed by atoms with van der Waals surface area (Å²) in [5.74, 6) is -1.01. The van der Waals surface area contributed by atoms with Crippen LogP contribution in [0.5, 0.6) is 0 Å². The molecular weight excluding hydrogens is 490 g/mol. The zero-order valence-electron chi connectivity index (χ0n) is 23.9. The first-order valence-electron chi connectivity index (χ1n) is 12.9. The molecule has 1 fully saturated rings. The topological polar surface area (TPSA) is 101 Å². The number of hydrogen-bond acceptors (Lipinski definition) is 8. The lowest BCUT2D eigenvalue weighted by Gasteiger charge is -2.32. The summed E-state index contributed by atoms with van der Waals surface area (Å²) in [5.41, 5.74) is 0.0527. The number of imide groups is 1. The summed E-state index contributed by atoms with van der Waals surface area (Å²) >= 11 is 0. The van der Waals surface area contributed by atoms with Gasteiger partial charge in [-0.1, -0.05) is 42.5 Å². The highest BCUT2D eigenvalue weighted by Crippen LogP contribution is 2.25. The molecule has 9 heteroatoms. The van der Waals surface area contributed by atoms with Crippen molar-refractivity contribution in [3.63, 3.8) is 0 Å². The highest BCUT2D eigenvalue weighted by Gasteiger charge is 2.44. The van der Waals surface area contributed by atoms with Gasteiger partial charge in [-0.2, -0.15) is 4.90 Å². The minimum atomic E-state index is -1.42. The van der Waals surface area contributed by atoms with E-state index in [4.69, 9.17) is 23.7 Å². The first kappa shape index (κ1) is 31.3. The zero-order chi connectivity index (χ0) is 28.7. The van der Waals surface area contributed by atoms with Gasteiger partial charge in [-0.3, -0.25) is 0 Å². The van der Waals surface area contributed by atoms with Crippen molar-refractivity contribution in [1.29, 1.82) is 0 Å². The van der Waals surface area contributed by atoms with Crippen molar-refractivity contribution in [2.45, 2.75) is 91.3 Å². The first-order chi connectivity index (χ1) is 17.6. The van der Waals surface area contributed by atoms with Gasteiger partial charge in [0.15, 0.2) is 6.04 Å². The number of cyclic esters (lactones) is 1. The molecule has 1 aliphatic heterocycles. The van der Waals surface area contributed by atoms with Gasteiger partial charge in [0.05, 0.1) is 25.9 Å². The average molecular weight is 534 g/mol. The van der Waals surface area contributed by atoms with E-state index >= 15 is 0 Å². The predicted molar refractivity (Wildman–Crippen MR) is 143 cm³/mol. The molecule has 9 nitrogen and oxygen atoms in total. The van der Waals surface area contributed by atoms with E-state index in [2.05, 4.69) is 6.58 Å². The van der Waals surface area contributed by atoms with Crippen molar-refractivity contribution in [3.05, 3.63) is 48.0 Å². The lowest BCUT2D eigenvalue weighted by atomic mass is 9.91. The molecule has 2 rings (SSSR count). The first-order valence-corrected chi connectivity index (χ1v) is 12.9. The number of nitrogens with zero attached hydrogens (tertiary/aromatic N) is 1. The van der Waals surface area contributed by atoms with Gasteiger partial charge in [-0.05, 0) is 67.4 Å². The van der Waals surface area contributed by atoms with E-state index in [9.17, 15) is 14.4 Å². The fraction of sp³-hybridized carbons (Fsp3) is 0.621. The second-order valence-corrected chi connectivity index (χ2v) is 11.7. The molecule has 1 saturated heterocycles. The highest BCUT2D eigenvalue weighted by molar-refractivity contribution is 5.94. The van der Waals surface area contributed by atoms with E-state index in [1.165, 1.54) is 0 Å². The quantitative estimate of drug-likeness (QED) is 0.276. The zero-order valence-corrected chi connectivity index (χ0v) is 23.9. The Morgan fingerprint density at radius 1 is 1.00 bits per heavy atom. The van der Waals surface area contributed by atoms with Gasteiger partial charge in [0.2, 0.25) is 0 Å². The Kier molecular flexibility index (Phi) is 10.9. The molecule has 1 aliphatic rings. The largest absolute Gasteiger partial charge is 0.458 e. The fourth-order valence-electron chi connectivity index (χ4n) is 3.94. The Morgan fingerprint density at radius 3 is 2.05 bits per heavy atom. The summed E-state index contributed by atoms with van der Waals surface area (Å²) < 4.78 is 28.8. The smallest absolute Gasteiger partial charge is 0.420 e. The molecule has 38 heavy (non-hydrogen) atoms. The minimum Gasteiger partial charge on any atom is -0.458 e. The van der Waals surface area contributed by atoms with Crippen molar-refractivity contribution in [2.75, 3.05) is 19.8 Å². The second-order valence-electron chi connectivity index (χ2n) is 11.7. The van der Waals surface area contributed by atoms with Gasteiger partial charge < -0.3 is 23.7 Å². The van der Waals surface area contributed by atoms with Crippen molar-refractivity contribution >= 4 is 18.2 Å². The van der Waals surface area contributed by atoms with E-state index < -0.39 is 47.6 Å². The summed E-state index contributed by atoms with van der Waals surface area (Å²) in [7, 11) is 0. The summed E-state index contributed by atoms with van der Waals surface area (Å²) in [6.07, 6.45) is -2.68. The maximum Gasteiger partial charge on any atom is 0.420 e. The van der Waals surface area contributed by atoms with Gasteiger partial charge in [-0.15, -0.1) is 0 Å². The third-order valence-corrected chi connectivity index (χ3v) is 5.46. The maximum atomic E-state index is 13.4. The molecule has 0 aliphatic carbocycles. The predicted octanol–water partition coefficient (Wildman–Crippen LogP) is 5.31. The molecule has 1 aromatic rings. The summed E-state index contributed by atoms with van der Waals surface area (Å²) in [6, 6.07) is 8.44. The van der Waals surface area contributed by atoms with Crippen LogP contribution in [-0.2, 0) is 34.9 Å². The van der Waals surface area contributed by atoms with Crippen LogP contribution >= 0.6 is 0 Å². The van der Waals surface area contributed by atoms with Crippen LogP contribution in [-0.4, -0.2) is 72.3 Å². The lowest BCUT2D eigenvalue weighted by molar-refractivity contribution is -0.163. The summed E-state index contributed by atoms with van der Waals surface area (Å²) in [5, 5.41) is 0. The number of benzene rings is 1. The van der Waals surface area contributed by atoms with Crippen molar-refractivity contribution in [3.8, 4) is 0 Å². The second kappa shape index (κ2) is 13.2. The number of carbonyl (C=O) groups is 3. The number of carbonyl (C=O) groups excluding carboxylic acids is 3. The molecule has 0 aromatic heterocycles. The number of rotatable bonds is 6. The number of ether oxygens (including phenoxy) is 5. The molecule has 1 heterocycles.